The van der Waals surface area contributed by atoms with Crippen LogP contribution in [0.5, 0.6) is 0 Å². The summed E-state index contributed by atoms with van der Waals surface area (Å²) in [5, 5.41) is 3.38. The van der Waals surface area contributed by atoms with Crippen LogP contribution >= 0.6 is 50.9 Å². The van der Waals surface area contributed by atoms with Gasteiger partial charge < -0.3 is 5.73 Å². The van der Waals surface area contributed by atoms with Crippen molar-refractivity contribution in [3.05, 3.63) is 12.2 Å². The molecule has 0 rings (SSSR count). The van der Waals surface area contributed by atoms with Crippen LogP contribution < -0.4 is 16.6 Å². The van der Waals surface area contributed by atoms with Gasteiger partial charge in [0, 0.05) is 27.6 Å². The van der Waals surface area contributed by atoms with Crippen LogP contribution in [0, 0.1) is 0 Å². The topological polar surface area (TPSA) is 73.6 Å². The molecule has 0 saturated heterocycles. The van der Waals surface area contributed by atoms with Crippen molar-refractivity contribution in [3.8, 4) is 0 Å². The molecule has 4 N–H and O–H groups in total. The number of nitrogens with zero attached hydrogens (tertiary/aromatic N) is 2. The van der Waals surface area contributed by atoms with E-state index < -0.39 is 5.66 Å². The first-order chi connectivity index (χ1) is 14.5. The summed E-state index contributed by atoms with van der Waals surface area (Å²) in [5.41, 5.74) is 11.4. The fraction of sp³-hybridized carbons (Fsp3) is 0.875. The summed E-state index contributed by atoms with van der Waals surface area (Å²) in [5.74, 6) is 0.0825. The number of ketones is 1. The molecule has 0 radical (unpaired) electrons. The predicted molar refractivity (Wildman–Crippen MR) is 160 cm³/mol. The van der Waals surface area contributed by atoms with Crippen molar-refractivity contribution in [1.29, 1.82) is 0 Å². The highest BCUT2D eigenvalue weighted by Gasteiger charge is 2.39. The maximum atomic E-state index is 12.8. The van der Waals surface area contributed by atoms with E-state index in [4.69, 9.17) is 5.73 Å². The summed E-state index contributed by atoms with van der Waals surface area (Å²) >= 11 is 0. The minimum Gasteiger partial charge on any atom is -0.305 e. The van der Waals surface area contributed by atoms with E-state index in [0.717, 1.165) is 12.8 Å². The molecule has 0 aliphatic heterocycles. The zero-order chi connectivity index (χ0) is 22.7. The van der Waals surface area contributed by atoms with E-state index in [9.17, 15) is 4.79 Å². The third-order valence-electron chi connectivity index (χ3n) is 5.90. The molecule has 6 nitrogen and oxygen atoms in total. The number of carbonyl (C=O) groups is 1. The zero-order valence-corrected chi connectivity index (χ0v) is 27.0. The predicted octanol–water partition coefficient (Wildman–Crippen LogP) is 6.81. The smallest absolute Gasteiger partial charge is 0.170 e. The van der Waals surface area contributed by atoms with Gasteiger partial charge in [-0.3, -0.25) is 4.79 Å². The van der Waals surface area contributed by atoms with Crippen LogP contribution in [0.25, 0.3) is 0 Å². The standard InChI is InChI=1S/C24H51N5O.3BrH/c1-6-8-9-10-11-12-13-14-15-16-17-18-19-20-21-22-23(30)24(25,7-2)29(27-4)28(5)26-3;;;/h14-15,26-27H,6-13,16-22,25H2,1-5H3;3*1H/b15-14-;;;. The Morgan fingerprint density at radius 1 is 0.788 bits per heavy atom. The highest BCUT2D eigenvalue weighted by Crippen LogP contribution is 2.18. The molecular formula is C24H54Br3N5O. The van der Waals surface area contributed by atoms with Gasteiger partial charge in [0.15, 0.2) is 11.4 Å². The van der Waals surface area contributed by atoms with Gasteiger partial charge in [-0.15, -0.1) is 56.1 Å². The van der Waals surface area contributed by atoms with E-state index >= 15 is 0 Å². The molecule has 0 saturated carbocycles. The molecule has 0 aromatic heterocycles. The second-order valence-electron chi connectivity index (χ2n) is 8.32. The molecule has 0 aliphatic carbocycles. The van der Waals surface area contributed by atoms with Crippen molar-refractivity contribution in [2.45, 2.75) is 116 Å². The van der Waals surface area contributed by atoms with Gasteiger partial charge in [0.1, 0.15) is 0 Å². The first-order valence-electron chi connectivity index (χ1n) is 12.3. The van der Waals surface area contributed by atoms with Gasteiger partial charge in [0.2, 0.25) is 0 Å². The summed E-state index contributed by atoms with van der Waals surface area (Å²) in [6.45, 7) is 4.22. The lowest BCUT2D eigenvalue weighted by atomic mass is 9.97. The molecule has 9 heteroatoms. The van der Waals surface area contributed by atoms with Gasteiger partial charge >= 0.3 is 0 Å². The lowest BCUT2D eigenvalue weighted by Crippen LogP contribution is -2.71. The number of nitrogens with one attached hydrogen (secondary N) is 2. The van der Waals surface area contributed by atoms with E-state index in [1.807, 2.05) is 14.0 Å². The Bertz CT molecular complexity index is 458. The van der Waals surface area contributed by atoms with E-state index in [2.05, 4.69) is 29.9 Å². The third-order valence-corrected chi connectivity index (χ3v) is 5.90. The van der Waals surface area contributed by atoms with Crippen LogP contribution in [0.2, 0.25) is 0 Å². The number of rotatable bonds is 21. The van der Waals surface area contributed by atoms with Crippen LogP contribution in [0.1, 0.15) is 110 Å². The number of hydrazine groups is 3. The molecule has 0 aromatic carbocycles. The lowest BCUT2D eigenvalue weighted by molar-refractivity contribution is -0.172. The van der Waals surface area contributed by atoms with Gasteiger partial charge in [0.05, 0.1) is 0 Å². The Balaban J connectivity index is -0.00000140. The number of hydrogen-bond donors (Lipinski definition) is 3. The van der Waals surface area contributed by atoms with Crippen molar-refractivity contribution in [1.82, 2.24) is 21.1 Å². The molecule has 0 aliphatic rings. The summed E-state index contributed by atoms with van der Waals surface area (Å²) in [4.78, 5) is 12.8. The van der Waals surface area contributed by atoms with Gasteiger partial charge in [-0.1, -0.05) is 77.4 Å². The average Bonchev–Trinajstić information content (AvgIpc) is 2.76. The monoisotopic (exact) mass is 665 g/mol. The Morgan fingerprint density at radius 3 is 1.67 bits per heavy atom. The van der Waals surface area contributed by atoms with E-state index in [1.165, 1.54) is 70.6 Å². The van der Waals surface area contributed by atoms with Crippen molar-refractivity contribution >= 4 is 56.7 Å². The van der Waals surface area contributed by atoms with Crippen molar-refractivity contribution in [3.63, 3.8) is 0 Å². The minimum absolute atomic E-state index is 0. The number of hydrogen-bond acceptors (Lipinski definition) is 6. The molecule has 0 heterocycles. The molecule has 33 heavy (non-hydrogen) atoms. The quantitative estimate of drug-likeness (QED) is 0.0541. The van der Waals surface area contributed by atoms with Crippen LogP contribution in [-0.2, 0) is 4.79 Å². The SMILES string of the molecule is Br.Br.Br.CCCCCCCC/C=C\CCCCCCCC(=O)C(N)(CC)N(NC)N(C)NC. The summed E-state index contributed by atoms with van der Waals surface area (Å²) in [7, 11) is 5.41. The van der Waals surface area contributed by atoms with Crippen LogP contribution in [-0.4, -0.2) is 42.8 Å². The third kappa shape index (κ3) is 18.6. The Morgan fingerprint density at radius 2 is 1.24 bits per heavy atom. The van der Waals surface area contributed by atoms with Gasteiger partial charge in [-0.2, -0.15) is 5.12 Å². The number of Topliss-reactive ketones (excluding diaryl/α,β-unsaturated/α-hetero) is 1. The highest BCUT2D eigenvalue weighted by atomic mass is 79.9. The first-order valence-corrected chi connectivity index (χ1v) is 12.3. The van der Waals surface area contributed by atoms with Gasteiger partial charge in [-0.25, -0.2) is 10.9 Å². The molecule has 0 spiro atoms. The minimum atomic E-state index is -1.03. The Kier molecular flexibility index (Phi) is 33.7. The van der Waals surface area contributed by atoms with Gasteiger partial charge in [-0.05, 0) is 38.5 Å². The molecule has 202 valence electrons. The van der Waals surface area contributed by atoms with E-state index in [0.29, 0.717) is 12.8 Å². The molecule has 0 amide bonds. The van der Waals surface area contributed by atoms with E-state index in [-0.39, 0.29) is 56.7 Å². The fourth-order valence-corrected chi connectivity index (χ4v) is 3.75. The van der Waals surface area contributed by atoms with Crippen LogP contribution in [0.4, 0.5) is 0 Å². The lowest BCUT2D eigenvalue weighted by Gasteiger charge is -2.42. The van der Waals surface area contributed by atoms with Crippen molar-refractivity contribution in [2.24, 2.45) is 5.73 Å². The summed E-state index contributed by atoms with van der Waals surface area (Å²) in [6.07, 6.45) is 22.1. The molecule has 1 atom stereocenters. The second kappa shape index (κ2) is 27.2. The normalized spacial score (nSPS) is 12.8. The van der Waals surface area contributed by atoms with Crippen molar-refractivity contribution in [2.75, 3.05) is 21.1 Å². The number of halogens is 3. The maximum Gasteiger partial charge on any atom is 0.170 e. The number of nitrogens with two attached hydrogens (primary N) is 1. The number of carbonyl (C=O) groups excluding carboxylic acids is 1. The Labute approximate surface area is 236 Å². The average molecular weight is 668 g/mol. The molecule has 1 unspecified atom stereocenters. The van der Waals surface area contributed by atoms with Crippen LogP contribution in [0.3, 0.4) is 0 Å². The second-order valence-corrected chi connectivity index (χ2v) is 8.32. The largest absolute Gasteiger partial charge is 0.305 e. The number of allylic oxidation sites excluding steroid dienone is 2. The number of unbranched alkanes of at least 4 members (excludes halogenated alkanes) is 11. The molecule has 0 aromatic rings. The zero-order valence-electron chi connectivity index (χ0n) is 21.9. The molecular weight excluding hydrogens is 614 g/mol. The van der Waals surface area contributed by atoms with Crippen LogP contribution in [0.15, 0.2) is 12.2 Å². The van der Waals surface area contributed by atoms with Gasteiger partial charge in [0.25, 0.3) is 0 Å². The molecule has 0 bridgehead atoms. The molecule has 0 fully saturated rings. The van der Waals surface area contributed by atoms with E-state index in [1.54, 1.807) is 24.3 Å². The summed E-state index contributed by atoms with van der Waals surface area (Å²) in [6, 6.07) is 0. The van der Waals surface area contributed by atoms with Crippen molar-refractivity contribution < 1.29 is 4.79 Å². The fourth-order valence-electron chi connectivity index (χ4n) is 3.75. The maximum absolute atomic E-state index is 12.8. The first kappa shape index (κ1) is 40.8. The Hall–Kier alpha value is 0.650. The highest BCUT2D eigenvalue weighted by molar-refractivity contribution is 8.93. The summed E-state index contributed by atoms with van der Waals surface area (Å²) < 4.78 is 0.